The molecule has 2 aliphatic rings. The van der Waals surface area contributed by atoms with E-state index in [-0.39, 0.29) is 42.8 Å². The van der Waals surface area contributed by atoms with E-state index in [1.54, 1.807) is 23.0 Å². The number of ether oxygens (including phenoxy) is 1. The van der Waals surface area contributed by atoms with E-state index >= 15 is 0 Å². The summed E-state index contributed by atoms with van der Waals surface area (Å²) in [6.45, 7) is 4.21. The Labute approximate surface area is 211 Å². The van der Waals surface area contributed by atoms with Gasteiger partial charge in [-0.25, -0.2) is 9.37 Å². The number of fused-ring (bicyclic) bond motifs is 1. The second kappa shape index (κ2) is 11.2. The molecule has 2 aromatic rings. The highest BCUT2D eigenvalue weighted by Gasteiger charge is 2.35. The van der Waals surface area contributed by atoms with Crippen LogP contribution in [0.3, 0.4) is 0 Å². The van der Waals surface area contributed by atoms with Crippen LogP contribution < -0.4 is 4.74 Å². The number of aliphatic hydroxyl groups excluding tert-OH is 1. The highest BCUT2D eigenvalue weighted by atomic mass is 19.1. The van der Waals surface area contributed by atoms with E-state index < -0.39 is 11.9 Å². The summed E-state index contributed by atoms with van der Waals surface area (Å²) in [6.07, 6.45) is 7.73. The number of amides is 2. The number of halogens is 1. The molecule has 0 spiro atoms. The number of pyridine rings is 1. The van der Waals surface area contributed by atoms with Gasteiger partial charge in [0.1, 0.15) is 17.5 Å². The lowest BCUT2D eigenvalue weighted by molar-refractivity contribution is 0.0313. The number of aromatic nitrogens is 1. The number of rotatable bonds is 6. The Morgan fingerprint density at radius 2 is 2.06 bits per heavy atom. The lowest BCUT2D eigenvalue weighted by atomic mass is 9.93. The first-order valence-electron chi connectivity index (χ1n) is 12.6. The summed E-state index contributed by atoms with van der Waals surface area (Å²) in [4.78, 5) is 34.3. The van der Waals surface area contributed by atoms with Crippen molar-refractivity contribution < 1.29 is 23.8 Å². The van der Waals surface area contributed by atoms with Gasteiger partial charge < -0.3 is 19.6 Å². The molecular formula is C28H34FN3O4. The molecule has 0 fully saturated rings. The zero-order valence-corrected chi connectivity index (χ0v) is 21.1. The molecule has 1 N–H and O–H groups in total. The first-order chi connectivity index (χ1) is 17.3. The maximum absolute atomic E-state index is 13.6. The predicted molar refractivity (Wildman–Crippen MR) is 135 cm³/mol. The number of benzene rings is 1. The number of nitrogens with zero attached hydrogens (tertiary/aromatic N) is 3. The molecule has 0 saturated carbocycles. The van der Waals surface area contributed by atoms with Crippen molar-refractivity contribution in [3.8, 4) is 5.88 Å². The third kappa shape index (κ3) is 5.59. The predicted octanol–water partition coefficient (Wildman–Crippen LogP) is 4.17. The van der Waals surface area contributed by atoms with Crippen LogP contribution in [-0.2, 0) is 0 Å². The zero-order chi connectivity index (χ0) is 25.8. The summed E-state index contributed by atoms with van der Waals surface area (Å²) in [5, 5.41) is 9.86. The molecule has 1 aliphatic heterocycles. The maximum atomic E-state index is 13.6. The number of likely N-dealkylation sites (N-methyl/N-ethyl adjacent to an activating group) is 1. The van der Waals surface area contributed by atoms with Crippen LogP contribution in [0.1, 0.15) is 65.8 Å². The van der Waals surface area contributed by atoms with Crippen molar-refractivity contribution in [2.24, 2.45) is 5.92 Å². The number of hydrogen-bond donors (Lipinski definition) is 1. The molecule has 2 amide bonds. The van der Waals surface area contributed by atoms with Gasteiger partial charge in [0, 0.05) is 31.3 Å². The molecule has 0 radical (unpaired) electrons. The Hall–Kier alpha value is -3.26. The first-order valence-corrected chi connectivity index (χ1v) is 12.6. The maximum Gasteiger partial charge on any atom is 0.259 e. The number of hydrogen-bond acceptors (Lipinski definition) is 5. The largest absolute Gasteiger partial charge is 0.472 e. The molecule has 4 rings (SSSR count). The minimum Gasteiger partial charge on any atom is -0.472 e. The van der Waals surface area contributed by atoms with E-state index in [1.165, 1.54) is 29.8 Å². The van der Waals surface area contributed by atoms with Gasteiger partial charge in [0.2, 0.25) is 5.88 Å². The molecule has 1 aliphatic carbocycles. The van der Waals surface area contributed by atoms with Crippen LogP contribution in [0, 0.1) is 11.7 Å². The summed E-state index contributed by atoms with van der Waals surface area (Å²) < 4.78 is 19.6. The Kier molecular flexibility index (Phi) is 8.04. The highest BCUT2D eigenvalue weighted by Crippen LogP contribution is 2.32. The standard InChI is InChI=1S/C28H34FN3O4/c1-18-15-32(19(2)17-33)28(35)24-13-22(20-7-5-4-6-8-20)14-30-26(24)36-25(18)16-31(3)27(34)21-9-11-23(29)12-10-21/h7,9-14,18-19,25,33H,4-6,8,15-17H2,1-3H3/t18-,19-,25+/m1/s1. The fourth-order valence-electron chi connectivity index (χ4n) is 4.76. The Balaban J connectivity index is 1.64. The molecule has 0 bridgehead atoms. The minimum atomic E-state index is -0.452. The Morgan fingerprint density at radius 1 is 1.31 bits per heavy atom. The summed E-state index contributed by atoms with van der Waals surface area (Å²) in [7, 11) is 1.67. The quantitative estimate of drug-likeness (QED) is 0.651. The summed E-state index contributed by atoms with van der Waals surface area (Å²) in [5.41, 5.74) is 2.84. The second-order valence-corrected chi connectivity index (χ2v) is 9.87. The third-order valence-corrected chi connectivity index (χ3v) is 7.07. The molecule has 8 heteroatoms. The van der Waals surface area contributed by atoms with Gasteiger partial charge in [0.25, 0.3) is 11.8 Å². The van der Waals surface area contributed by atoms with Crippen LogP contribution in [0.2, 0.25) is 0 Å². The summed E-state index contributed by atoms with van der Waals surface area (Å²) >= 11 is 0. The number of carbonyl (C=O) groups excluding carboxylic acids is 2. The second-order valence-electron chi connectivity index (χ2n) is 9.87. The highest BCUT2D eigenvalue weighted by molar-refractivity contribution is 5.97. The fourth-order valence-corrected chi connectivity index (χ4v) is 4.76. The van der Waals surface area contributed by atoms with Crippen molar-refractivity contribution >= 4 is 17.4 Å². The molecular weight excluding hydrogens is 461 g/mol. The lowest BCUT2D eigenvalue weighted by Gasteiger charge is -2.37. The van der Waals surface area contributed by atoms with Crippen LogP contribution in [0.5, 0.6) is 5.88 Å². The fraction of sp³-hybridized carbons (Fsp3) is 0.464. The molecule has 2 heterocycles. The van der Waals surface area contributed by atoms with E-state index in [2.05, 4.69) is 11.1 Å². The van der Waals surface area contributed by atoms with Gasteiger partial charge in [-0.1, -0.05) is 13.0 Å². The normalized spacial score (nSPS) is 21.0. The third-order valence-electron chi connectivity index (χ3n) is 7.07. The van der Waals surface area contributed by atoms with E-state index in [1.807, 2.05) is 19.9 Å². The molecule has 0 unspecified atom stereocenters. The van der Waals surface area contributed by atoms with E-state index in [0.717, 1.165) is 31.2 Å². The van der Waals surface area contributed by atoms with Gasteiger partial charge in [0.05, 0.1) is 19.2 Å². The molecule has 7 nitrogen and oxygen atoms in total. The molecule has 1 aromatic carbocycles. The molecule has 192 valence electrons. The summed E-state index contributed by atoms with van der Waals surface area (Å²) in [6, 6.07) is 6.89. The first kappa shape index (κ1) is 25.8. The molecule has 3 atom stereocenters. The van der Waals surface area contributed by atoms with Crippen molar-refractivity contribution in [2.75, 3.05) is 26.7 Å². The van der Waals surface area contributed by atoms with Crippen LogP contribution in [0.4, 0.5) is 4.39 Å². The van der Waals surface area contributed by atoms with Crippen LogP contribution in [-0.4, -0.2) is 70.6 Å². The Bertz CT molecular complexity index is 1130. The van der Waals surface area contributed by atoms with Crippen molar-refractivity contribution in [2.45, 2.75) is 51.7 Å². The van der Waals surface area contributed by atoms with Gasteiger partial charge in [-0.2, -0.15) is 0 Å². The SMILES string of the molecule is C[C@@H]1CN([C@H](C)CO)C(=O)c2cc(C3=CCCCC3)cnc2O[C@H]1CN(C)C(=O)c1ccc(F)cc1. The van der Waals surface area contributed by atoms with Crippen LogP contribution in [0.15, 0.2) is 42.6 Å². The average Bonchev–Trinajstić information content (AvgIpc) is 2.90. The van der Waals surface area contributed by atoms with Gasteiger partial charge in [0.15, 0.2) is 0 Å². The monoisotopic (exact) mass is 495 g/mol. The lowest BCUT2D eigenvalue weighted by Crippen LogP contribution is -2.50. The average molecular weight is 496 g/mol. The topological polar surface area (TPSA) is 83.0 Å². The van der Waals surface area contributed by atoms with E-state index in [9.17, 15) is 19.1 Å². The summed E-state index contributed by atoms with van der Waals surface area (Å²) in [5.74, 6) is -0.799. The minimum absolute atomic E-state index is 0.151. The van der Waals surface area contributed by atoms with Gasteiger partial charge in [-0.15, -0.1) is 0 Å². The number of allylic oxidation sites excluding steroid dienone is 2. The smallest absolute Gasteiger partial charge is 0.259 e. The number of carbonyl (C=O) groups is 2. The van der Waals surface area contributed by atoms with Gasteiger partial charge in [-0.05, 0) is 74.1 Å². The molecule has 1 aromatic heterocycles. The van der Waals surface area contributed by atoms with E-state index in [0.29, 0.717) is 17.7 Å². The van der Waals surface area contributed by atoms with Crippen molar-refractivity contribution in [3.05, 3.63) is 65.1 Å². The van der Waals surface area contributed by atoms with Gasteiger partial charge in [-0.3, -0.25) is 9.59 Å². The van der Waals surface area contributed by atoms with Crippen molar-refractivity contribution in [3.63, 3.8) is 0 Å². The van der Waals surface area contributed by atoms with Crippen LogP contribution >= 0.6 is 0 Å². The van der Waals surface area contributed by atoms with Crippen LogP contribution in [0.25, 0.3) is 5.57 Å². The molecule has 0 saturated heterocycles. The Morgan fingerprint density at radius 3 is 2.72 bits per heavy atom. The van der Waals surface area contributed by atoms with Crippen molar-refractivity contribution in [1.82, 2.24) is 14.8 Å². The molecule has 36 heavy (non-hydrogen) atoms. The van der Waals surface area contributed by atoms with Crippen molar-refractivity contribution in [1.29, 1.82) is 0 Å². The number of aliphatic hydroxyl groups is 1. The van der Waals surface area contributed by atoms with E-state index in [4.69, 9.17) is 4.74 Å². The zero-order valence-electron chi connectivity index (χ0n) is 21.1. The van der Waals surface area contributed by atoms with Gasteiger partial charge >= 0.3 is 0 Å².